The van der Waals surface area contributed by atoms with Gasteiger partial charge in [-0.1, -0.05) is 13.8 Å². The molecule has 0 fully saturated rings. The Balaban J connectivity index is 4.79. The topological polar surface area (TPSA) is 214 Å². The zero-order chi connectivity index (χ0) is 21.3. The molecule has 0 spiro atoms. The number of hydrogen-bond acceptors (Lipinski definition) is 7. The van der Waals surface area contributed by atoms with Gasteiger partial charge in [-0.2, -0.15) is 0 Å². The van der Waals surface area contributed by atoms with Gasteiger partial charge in [0.1, 0.15) is 6.04 Å². The van der Waals surface area contributed by atoms with Gasteiger partial charge >= 0.3 is 5.97 Å². The fourth-order valence-corrected chi connectivity index (χ4v) is 2.00. The summed E-state index contributed by atoms with van der Waals surface area (Å²) in [6, 6.07) is -3.85. The van der Waals surface area contributed by atoms with E-state index in [2.05, 4.69) is 16.0 Å². The van der Waals surface area contributed by atoms with E-state index in [4.69, 9.17) is 16.6 Å². The normalized spacial score (nSPS) is 15.2. The minimum Gasteiger partial charge on any atom is -0.480 e. The fraction of sp³-hybridized carbons (Fsp3) is 0.667. The van der Waals surface area contributed by atoms with Crippen molar-refractivity contribution in [3.63, 3.8) is 0 Å². The van der Waals surface area contributed by atoms with Gasteiger partial charge < -0.3 is 37.6 Å². The molecule has 0 aliphatic heterocycles. The van der Waals surface area contributed by atoms with Crippen LogP contribution in [-0.4, -0.2) is 70.6 Å². The van der Waals surface area contributed by atoms with Crippen molar-refractivity contribution in [1.82, 2.24) is 16.0 Å². The van der Waals surface area contributed by atoms with Crippen LogP contribution in [0.4, 0.5) is 0 Å². The number of carboxylic acid groups (broad SMARTS) is 1. The van der Waals surface area contributed by atoms with E-state index in [1.54, 1.807) is 13.8 Å². The number of carbonyl (C=O) groups excluding carboxylic acids is 4. The smallest absolute Gasteiger partial charge is 0.328 e. The van der Waals surface area contributed by atoms with Crippen molar-refractivity contribution >= 4 is 29.6 Å². The van der Waals surface area contributed by atoms with E-state index in [1.807, 2.05) is 0 Å². The van der Waals surface area contributed by atoms with Crippen molar-refractivity contribution < 1.29 is 34.2 Å². The van der Waals surface area contributed by atoms with Gasteiger partial charge in [0.25, 0.3) is 0 Å². The molecule has 27 heavy (non-hydrogen) atoms. The first-order chi connectivity index (χ1) is 12.4. The van der Waals surface area contributed by atoms with Crippen molar-refractivity contribution in [2.75, 3.05) is 6.54 Å². The molecule has 0 aromatic carbocycles. The number of amides is 4. The molecule has 9 N–H and O–H groups in total. The number of hydrogen-bond donors (Lipinski definition) is 7. The molecule has 0 saturated heterocycles. The van der Waals surface area contributed by atoms with Crippen LogP contribution >= 0.6 is 0 Å². The highest BCUT2D eigenvalue weighted by molar-refractivity contribution is 5.93. The summed E-state index contributed by atoms with van der Waals surface area (Å²) >= 11 is 0. The van der Waals surface area contributed by atoms with Gasteiger partial charge in [-0.3, -0.25) is 19.2 Å². The molecule has 0 aromatic rings. The molecule has 4 unspecified atom stereocenters. The summed E-state index contributed by atoms with van der Waals surface area (Å²) in [6.07, 6.45) is -1.73. The molecule has 4 amide bonds. The summed E-state index contributed by atoms with van der Waals surface area (Å²) in [5.74, 6) is -4.91. The number of nitrogens with one attached hydrogen (secondary N) is 3. The van der Waals surface area contributed by atoms with Crippen LogP contribution in [0.3, 0.4) is 0 Å². The summed E-state index contributed by atoms with van der Waals surface area (Å²) in [6.45, 7) is 3.92. The standard InChI is InChI=1S/C15H27N5O7/c1-6(2)11(14(25)20-12(7(3)21)15(26)27)19-10(23)5-18-13(24)8(16)4-9(17)22/h6-8,11-12,21H,4-5,16H2,1-3H3,(H2,17,22)(H,18,24)(H,19,23)(H,20,25)(H,26,27). The Hall–Kier alpha value is -2.73. The molecular formula is C15H27N5O7. The Morgan fingerprint density at radius 2 is 1.52 bits per heavy atom. The lowest BCUT2D eigenvalue weighted by atomic mass is 10.0. The molecule has 0 heterocycles. The molecule has 0 bridgehead atoms. The molecule has 0 aliphatic rings. The molecule has 0 aliphatic carbocycles. The van der Waals surface area contributed by atoms with E-state index >= 15 is 0 Å². The van der Waals surface area contributed by atoms with Crippen LogP contribution in [0.1, 0.15) is 27.2 Å². The van der Waals surface area contributed by atoms with Crippen molar-refractivity contribution in [3.05, 3.63) is 0 Å². The van der Waals surface area contributed by atoms with E-state index in [0.29, 0.717) is 0 Å². The third kappa shape index (κ3) is 8.96. The number of carboxylic acids is 1. The first-order valence-corrected chi connectivity index (χ1v) is 8.19. The summed E-state index contributed by atoms with van der Waals surface area (Å²) in [4.78, 5) is 57.6. The predicted molar refractivity (Wildman–Crippen MR) is 92.8 cm³/mol. The van der Waals surface area contributed by atoms with Crippen LogP contribution in [0.25, 0.3) is 0 Å². The highest BCUT2D eigenvalue weighted by Gasteiger charge is 2.31. The lowest BCUT2D eigenvalue weighted by molar-refractivity contribution is -0.145. The van der Waals surface area contributed by atoms with Gasteiger partial charge in [0.2, 0.25) is 23.6 Å². The van der Waals surface area contributed by atoms with Crippen LogP contribution in [-0.2, 0) is 24.0 Å². The van der Waals surface area contributed by atoms with E-state index in [-0.39, 0.29) is 6.42 Å². The zero-order valence-corrected chi connectivity index (χ0v) is 15.4. The number of aliphatic hydroxyl groups is 1. The second kappa shape index (κ2) is 11.1. The monoisotopic (exact) mass is 389 g/mol. The summed E-state index contributed by atoms with van der Waals surface area (Å²) in [7, 11) is 0. The maximum absolute atomic E-state index is 12.2. The van der Waals surface area contributed by atoms with E-state index in [9.17, 15) is 29.1 Å². The first kappa shape index (κ1) is 24.3. The Kier molecular flexibility index (Phi) is 9.96. The maximum atomic E-state index is 12.2. The van der Waals surface area contributed by atoms with Crippen LogP contribution < -0.4 is 27.4 Å². The van der Waals surface area contributed by atoms with Crippen LogP contribution in [0.2, 0.25) is 0 Å². The molecule has 154 valence electrons. The highest BCUT2D eigenvalue weighted by atomic mass is 16.4. The third-order valence-corrected chi connectivity index (χ3v) is 3.49. The SMILES string of the molecule is CC(C)C(NC(=O)CNC(=O)C(N)CC(N)=O)C(=O)NC(C(=O)O)C(C)O. The number of aliphatic carboxylic acids is 1. The fourth-order valence-electron chi connectivity index (χ4n) is 2.00. The molecule has 0 radical (unpaired) electrons. The van der Waals surface area contributed by atoms with Gasteiger partial charge in [-0.15, -0.1) is 0 Å². The second-order valence-corrected chi connectivity index (χ2v) is 6.35. The Morgan fingerprint density at radius 3 is 1.93 bits per heavy atom. The van der Waals surface area contributed by atoms with Gasteiger partial charge in [-0.25, -0.2) is 4.79 Å². The Morgan fingerprint density at radius 1 is 0.963 bits per heavy atom. The largest absolute Gasteiger partial charge is 0.480 e. The molecule has 12 nitrogen and oxygen atoms in total. The number of rotatable bonds is 11. The van der Waals surface area contributed by atoms with E-state index < -0.39 is 66.3 Å². The Bertz CT molecular complexity index is 579. The summed E-state index contributed by atoms with van der Waals surface area (Å²) in [5, 5.41) is 25.1. The molecular weight excluding hydrogens is 362 g/mol. The number of aliphatic hydroxyl groups excluding tert-OH is 1. The van der Waals surface area contributed by atoms with Crippen molar-refractivity contribution in [2.45, 2.75) is 51.4 Å². The van der Waals surface area contributed by atoms with Gasteiger partial charge in [0.05, 0.1) is 25.1 Å². The lowest BCUT2D eigenvalue weighted by Crippen LogP contribution is -2.57. The van der Waals surface area contributed by atoms with Crippen LogP contribution in [0, 0.1) is 5.92 Å². The number of nitrogens with two attached hydrogens (primary N) is 2. The lowest BCUT2D eigenvalue weighted by Gasteiger charge is -2.25. The third-order valence-electron chi connectivity index (χ3n) is 3.49. The second-order valence-electron chi connectivity index (χ2n) is 6.35. The average Bonchev–Trinajstić information content (AvgIpc) is 2.53. The summed E-state index contributed by atoms with van der Waals surface area (Å²) in [5.41, 5.74) is 10.3. The van der Waals surface area contributed by atoms with Crippen molar-refractivity contribution in [3.8, 4) is 0 Å². The van der Waals surface area contributed by atoms with Crippen molar-refractivity contribution in [1.29, 1.82) is 0 Å². The molecule has 12 heteroatoms. The molecule has 0 aromatic heterocycles. The minimum atomic E-state index is -1.54. The van der Waals surface area contributed by atoms with E-state index in [1.165, 1.54) is 6.92 Å². The van der Waals surface area contributed by atoms with Crippen LogP contribution in [0.15, 0.2) is 0 Å². The van der Waals surface area contributed by atoms with E-state index in [0.717, 1.165) is 0 Å². The quantitative estimate of drug-likeness (QED) is 0.187. The Labute approximate surface area is 156 Å². The van der Waals surface area contributed by atoms with Gasteiger partial charge in [0, 0.05) is 0 Å². The number of primary amides is 1. The average molecular weight is 389 g/mol. The first-order valence-electron chi connectivity index (χ1n) is 8.19. The summed E-state index contributed by atoms with van der Waals surface area (Å²) < 4.78 is 0. The predicted octanol–water partition coefficient (Wildman–Crippen LogP) is -3.60. The number of carbonyl (C=O) groups is 5. The van der Waals surface area contributed by atoms with Crippen molar-refractivity contribution in [2.24, 2.45) is 17.4 Å². The zero-order valence-electron chi connectivity index (χ0n) is 15.4. The minimum absolute atomic E-state index is 0.388. The van der Waals surface area contributed by atoms with Gasteiger partial charge in [-0.05, 0) is 12.8 Å². The molecule has 4 atom stereocenters. The van der Waals surface area contributed by atoms with Gasteiger partial charge in [0.15, 0.2) is 6.04 Å². The maximum Gasteiger partial charge on any atom is 0.328 e. The van der Waals surface area contributed by atoms with Crippen LogP contribution in [0.5, 0.6) is 0 Å². The molecule has 0 rings (SSSR count). The highest BCUT2D eigenvalue weighted by Crippen LogP contribution is 2.04. The molecule has 0 saturated carbocycles.